The Morgan fingerprint density at radius 3 is 2.20 bits per heavy atom. The highest BCUT2D eigenvalue weighted by Gasteiger charge is 2.31. The van der Waals surface area contributed by atoms with Gasteiger partial charge in [-0.2, -0.15) is 0 Å². The number of amides is 2. The van der Waals surface area contributed by atoms with Crippen molar-refractivity contribution in [3.05, 3.63) is 35.8 Å². The van der Waals surface area contributed by atoms with Gasteiger partial charge in [-0.05, 0) is 53.7 Å². The number of nitrogens with one attached hydrogen (secondary N) is 1. The van der Waals surface area contributed by atoms with Crippen LogP contribution in [0, 0.1) is 5.82 Å². The molecule has 1 aromatic heterocycles. The number of alkyl halides is 1. The number of carbonyl (C=O) groups is 4. The Balaban J connectivity index is 1.91. The van der Waals surface area contributed by atoms with Crippen molar-refractivity contribution in [3.63, 3.8) is 0 Å². The number of ether oxygens (including phenoxy) is 2. The first-order chi connectivity index (χ1) is 18.6. The maximum Gasteiger partial charge on any atom is 0.410 e. The van der Waals surface area contributed by atoms with Gasteiger partial charge in [-0.1, -0.05) is 0 Å². The standard InChI is InChI=1S/C28H36F2N4O6/c1-27(2,3)39-23(36)14-21(22(35)15-29)32-25(37)19-16-31-20-13-17(30)7-8-18(20)24(19)33-9-11-34(12-10-33)26(38)40-28(4,5)6/h7-8,13,16,21H,9-12,14-15H2,1-6H3,(H,32,37). The molecule has 3 rings (SSSR count). The number of benzene rings is 1. The molecule has 0 radical (unpaired) electrons. The van der Waals surface area contributed by atoms with Crippen LogP contribution in [0.4, 0.5) is 19.3 Å². The third-order valence-electron chi connectivity index (χ3n) is 5.91. The van der Waals surface area contributed by atoms with Crippen LogP contribution in [-0.2, 0) is 19.1 Å². The third kappa shape index (κ3) is 8.09. The van der Waals surface area contributed by atoms with E-state index in [1.54, 1.807) is 46.4 Å². The number of carbonyl (C=O) groups excluding carboxylic acids is 4. The highest BCUT2D eigenvalue weighted by Crippen LogP contribution is 2.31. The summed E-state index contributed by atoms with van der Waals surface area (Å²) < 4.78 is 38.0. The molecule has 2 amide bonds. The molecule has 2 aromatic rings. The first-order valence-electron chi connectivity index (χ1n) is 13.0. The summed E-state index contributed by atoms with van der Waals surface area (Å²) in [5.41, 5.74) is -0.735. The van der Waals surface area contributed by atoms with Crippen molar-refractivity contribution >= 4 is 40.3 Å². The fourth-order valence-electron chi connectivity index (χ4n) is 4.22. The Labute approximate surface area is 232 Å². The smallest absolute Gasteiger partial charge is 0.410 e. The molecule has 2 heterocycles. The number of hydrogen-bond donors (Lipinski definition) is 1. The molecule has 10 nitrogen and oxygen atoms in total. The Kier molecular flexibility index (Phi) is 9.32. The zero-order valence-corrected chi connectivity index (χ0v) is 23.7. The van der Waals surface area contributed by atoms with E-state index in [2.05, 4.69) is 10.3 Å². The topological polar surface area (TPSA) is 118 Å². The Morgan fingerprint density at radius 1 is 1.00 bits per heavy atom. The second-order valence-electron chi connectivity index (χ2n) is 11.6. The number of anilines is 1. The maximum absolute atomic E-state index is 14.0. The Bertz CT molecular complexity index is 1280. The van der Waals surface area contributed by atoms with Crippen molar-refractivity contribution in [2.45, 2.75) is 65.2 Å². The minimum absolute atomic E-state index is 0.0469. The molecule has 0 aliphatic carbocycles. The molecule has 0 bridgehead atoms. The van der Waals surface area contributed by atoms with Gasteiger partial charge in [0.2, 0.25) is 0 Å². The van der Waals surface area contributed by atoms with Crippen molar-refractivity contribution in [1.29, 1.82) is 0 Å². The molecule has 1 saturated heterocycles. The molecule has 218 valence electrons. The quantitative estimate of drug-likeness (QED) is 0.507. The summed E-state index contributed by atoms with van der Waals surface area (Å²) in [7, 11) is 0. The normalized spacial score (nSPS) is 15.0. The van der Waals surface area contributed by atoms with Crippen molar-refractivity contribution in [2.75, 3.05) is 37.8 Å². The van der Waals surface area contributed by atoms with Gasteiger partial charge >= 0.3 is 12.1 Å². The number of fused-ring (bicyclic) bond motifs is 1. The van der Waals surface area contributed by atoms with Crippen molar-refractivity contribution in [3.8, 4) is 0 Å². The van der Waals surface area contributed by atoms with Crippen LogP contribution in [0.1, 0.15) is 58.3 Å². The lowest BCUT2D eigenvalue weighted by molar-refractivity contribution is -0.156. The van der Waals surface area contributed by atoms with Crippen LogP contribution < -0.4 is 10.2 Å². The van der Waals surface area contributed by atoms with E-state index in [1.165, 1.54) is 24.4 Å². The van der Waals surface area contributed by atoms with E-state index in [9.17, 15) is 28.0 Å². The van der Waals surface area contributed by atoms with Crippen LogP contribution in [0.15, 0.2) is 24.4 Å². The molecule has 1 fully saturated rings. The van der Waals surface area contributed by atoms with Crippen LogP contribution in [0.5, 0.6) is 0 Å². The molecule has 40 heavy (non-hydrogen) atoms. The van der Waals surface area contributed by atoms with Gasteiger partial charge in [0, 0.05) is 43.8 Å². The number of aromatic nitrogens is 1. The molecule has 0 spiro atoms. The van der Waals surface area contributed by atoms with Crippen LogP contribution in [0.2, 0.25) is 0 Å². The second-order valence-corrected chi connectivity index (χ2v) is 11.6. The van der Waals surface area contributed by atoms with E-state index in [1.807, 2.05) is 4.90 Å². The number of halogens is 2. The molecule has 1 atom stereocenters. The zero-order chi connectivity index (χ0) is 29.8. The lowest BCUT2D eigenvalue weighted by Gasteiger charge is -2.37. The summed E-state index contributed by atoms with van der Waals surface area (Å²) in [6.45, 7) is 10.1. The first-order valence-corrected chi connectivity index (χ1v) is 13.0. The summed E-state index contributed by atoms with van der Waals surface area (Å²) in [5, 5.41) is 2.93. The van der Waals surface area contributed by atoms with Gasteiger partial charge in [-0.25, -0.2) is 13.6 Å². The van der Waals surface area contributed by atoms with Crippen molar-refractivity contribution in [1.82, 2.24) is 15.2 Å². The summed E-state index contributed by atoms with van der Waals surface area (Å²) in [6.07, 6.45) is 0.237. The molecule has 1 N–H and O–H groups in total. The van der Waals surface area contributed by atoms with E-state index >= 15 is 0 Å². The molecule has 1 aliphatic rings. The molecule has 1 unspecified atom stereocenters. The summed E-state index contributed by atoms with van der Waals surface area (Å²) in [6, 6.07) is 2.50. The van der Waals surface area contributed by atoms with Gasteiger partial charge in [0.15, 0.2) is 5.78 Å². The number of ketones is 1. The lowest BCUT2D eigenvalue weighted by atomic mass is 10.0. The van der Waals surface area contributed by atoms with Gasteiger partial charge in [-0.3, -0.25) is 19.4 Å². The number of Topliss-reactive ketones (excluding diaryl/α,β-unsaturated/α-hetero) is 1. The molecule has 1 aliphatic heterocycles. The van der Waals surface area contributed by atoms with E-state index in [4.69, 9.17) is 9.47 Å². The van der Waals surface area contributed by atoms with E-state index in [0.717, 1.165) is 0 Å². The highest BCUT2D eigenvalue weighted by molar-refractivity contribution is 6.09. The lowest BCUT2D eigenvalue weighted by Crippen LogP contribution is -2.50. The molecule has 12 heteroatoms. The monoisotopic (exact) mass is 562 g/mol. The Hall–Kier alpha value is -3.83. The maximum atomic E-state index is 14.0. The predicted molar refractivity (Wildman–Crippen MR) is 144 cm³/mol. The SMILES string of the molecule is CC(C)(C)OC(=O)CC(NC(=O)c1cnc2cc(F)ccc2c1N1CCN(C(=O)OC(C)(C)C)CC1)C(=O)CF. The number of hydrogen-bond acceptors (Lipinski definition) is 8. The minimum atomic E-state index is -1.46. The van der Waals surface area contributed by atoms with Crippen LogP contribution in [-0.4, -0.2) is 83.7 Å². The number of esters is 1. The fourth-order valence-corrected chi connectivity index (χ4v) is 4.22. The van der Waals surface area contributed by atoms with Crippen LogP contribution >= 0.6 is 0 Å². The average Bonchev–Trinajstić information content (AvgIpc) is 2.84. The van der Waals surface area contributed by atoms with E-state index < -0.39 is 59.9 Å². The largest absolute Gasteiger partial charge is 0.460 e. The van der Waals surface area contributed by atoms with Gasteiger partial charge in [0.05, 0.1) is 23.2 Å². The highest BCUT2D eigenvalue weighted by atomic mass is 19.1. The molecule has 0 saturated carbocycles. The van der Waals surface area contributed by atoms with Gasteiger partial charge < -0.3 is 24.6 Å². The summed E-state index contributed by atoms with van der Waals surface area (Å²) >= 11 is 0. The van der Waals surface area contributed by atoms with E-state index in [0.29, 0.717) is 42.8 Å². The van der Waals surface area contributed by atoms with Gasteiger partial charge in [0.1, 0.15) is 29.7 Å². The average molecular weight is 563 g/mol. The number of rotatable bonds is 7. The second kappa shape index (κ2) is 12.1. The van der Waals surface area contributed by atoms with Crippen molar-refractivity contribution in [2.24, 2.45) is 0 Å². The zero-order valence-electron chi connectivity index (χ0n) is 23.7. The Morgan fingerprint density at radius 2 is 1.62 bits per heavy atom. The van der Waals surface area contributed by atoms with Gasteiger partial charge in [-0.15, -0.1) is 0 Å². The number of pyridine rings is 1. The summed E-state index contributed by atoms with van der Waals surface area (Å²) in [4.78, 5) is 58.3. The minimum Gasteiger partial charge on any atom is -0.460 e. The molecule has 1 aromatic carbocycles. The number of nitrogens with zero attached hydrogens (tertiary/aromatic N) is 3. The van der Waals surface area contributed by atoms with Crippen LogP contribution in [0.25, 0.3) is 10.9 Å². The van der Waals surface area contributed by atoms with Gasteiger partial charge in [0.25, 0.3) is 5.91 Å². The van der Waals surface area contributed by atoms with Crippen LogP contribution in [0.3, 0.4) is 0 Å². The third-order valence-corrected chi connectivity index (χ3v) is 5.91. The number of piperazine rings is 1. The van der Waals surface area contributed by atoms with E-state index in [-0.39, 0.29) is 5.56 Å². The summed E-state index contributed by atoms with van der Waals surface area (Å²) in [5.74, 6) is -3.03. The van der Waals surface area contributed by atoms with Crippen molar-refractivity contribution < 1.29 is 37.4 Å². The molecular weight excluding hydrogens is 526 g/mol. The first kappa shape index (κ1) is 30.7. The fraction of sp³-hybridized carbons (Fsp3) is 0.536. The molecular formula is C28H36F2N4O6. The predicted octanol–water partition coefficient (Wildman–Crippen LogP) is 3.80.